The second kappa shape index (κ2) is 9.43. The van der Waals surface area contributed by atoms with Crippen LogP contribution in [0.3, 0.4) is 0 Å². The number of nitrogens with one attached hydrogen (secondary N) is 1. The van der Waals surface area contributed by atoms with E-state index in [1.54, 1.807) is 4.68 Å². The van der Waals surface area contributed by atoms with Gasteiger partial charge in [0.15, 0.2) is 0 Å². The summed E-state index contributed by atoms with van der Waals surface area (Å²) in [4.78, 5) is 29.5. The van der Waals surface area contributed by atoms with Gasteiger partial charge in [0.1, 0.15) is 17.0 Å². The van der Waals surface area contributed by atoms with Crippen molar-refractivity contribution in [1.29, 1.82) is 0 Å². The third-order valence-corrected chi connectivity index (χ3v) is 7.79. The van der Waals surface area contributed by atoms with E-state index in [1.165, 1.54) is 6.42 Å². The maximum Gasteiger partial charge on any atom is 0.273 e. The lowest BCUT2D eigenvalue weighted by molar-refractivity contribution is -0.135. The first-order valence-electron chi connectivity index (χ1n) is 13.0. The molecule has 1 aliphatic heterocycles. The summed E-state index contributed by atoms with van der Waals surface area (Å²) in [5, 5.41) is 8.08. The summed E-state index contributed by atoms with van der Waals surface area (Å²) in [7, 11) is 0. The zero-order valence-corrected chi connectivity index (χ0v) is 20.4. The van der Waals surface area contributed by atoms with Crippen molar-refractivity contribution in [3.05, 3.63) is 36.0 Å². The minimum absolute atomic E-state index is 0.0385. The predicted octanol–water partition coefficient (Wildman–Crippen LogP) is 4.55. The number of nitrogens with zero attached hydrogens (tertiary/aromatic N) is 3. The van der Waals surface area contributed by atoms with Crippen LogP contribution < -0.4 is 10.1 Å². The quantitative estimate of drug-likeness (QED) is 0.680. The molecular formula is C27H36N4O3. The topological polar surface area (TPSA) is 76.5 Å². The van der Waals surface area contributed by atoms with Crippen molar-refractivity contribution >= 4 is 11.8 Å². The molecule has 1 N–H and O–H groups in total. The van der Waals surface area contributed by atoms with Crippen LogP contribution in [0.5, 0.6) is 5.75 Å². The van der Waals surface area contributed by atoms with Gasteiger partial charge in [-0.3, -0.25) is 14.3 Å². The Kier molecular flexibility index (Phi) is 6.36. The van der Waals surface area contributed by atoms with E-state index in [1.807, 2.05) is 49.1 Å². The molecule has 5 rings (SSSR count). The summed E-state index contributed by atoms with van der Waals surface area (Å²) in [6, 6.07) is 9.96. The van der Waals surface area contributed by atoms with Gasteiger partial charge in [-0.25, -0.2) is 0 Å². The number of carbonyl (C=O) groups is 2. The fourth-order valence-corrected chi connectivity index (χ4v) is 5.95. The summed E-state index contributed by atoms with van der Waals surface area (Å²) >= 11 is 0. The molecule has 1 aromatic carbocycles. The van der Waals surface area contributed by atoms with Crippen molar-refractivity contribution in [2.24, 2.45) is 0 Å². The number of carbonyl (C=O) groups excluding carboxylic acids is 2. The molecule has 2 saturated carbocycles. The van der Waals surface area contributed by atoms with Gasteiger partial charge in [0.25, 0.3) is 5.91 Å². The first-order chi connectivity index (χ1) is 16.5. The SMILES string of the molecule is CCOc1ccc(-c2cc3n(n2)C[C@](C)(C(=O)NC2CCCCC2)N(C2CCCC2)C3=O)cc1. The molecule has 1 aromatic heterocycles. The summed E-state index contributed by atoms with van der Waals surface area (Å²) in [5.41, 5.74) is 1.30. The standard InChI is InChI=1S/C27H36N4O3/c1-3-34-22-15-13-19(14-16-22)23-17-24-25(32)31(21-11-7-8-12-21)27(2,18-30(24)29-23)26(33)28-20-9-5-4-6-10-20/h13-17,20-21H,3-12,18H2,1-2H3,(H,28,33)/t27-/m1/s1. The van der Waals surface area contributed by atoms with Gasteiger partial charge in [0.05, 0.1) is 18.8 Å². The lowest BCUT2D eigenvalue weighted by Crippen LogP contribution is -2.67. The zero-order chi connectivity index (χ0) is 23.7. The molecule has 2 aromatic rings. The van der Waals surface area contributed by atoms with Crippen LogP contribution in [0.1, 0.15) is 82.1 Å². The number of amides is 2. The summed E-state index contributed by atoms with van der Waals surface area (Å²) in [6.45, 7) is 4.88. The van der Waals surface area contributed by atoms with Crippen molar-refractivity contribution in [1.82, 2.24) is 20.0 Å². The summed E-state index contributed by atoms with van der Waals surface area (Å²) < 4.78 is 7.30. The lowest BCUT2D eigenvalue weighted by Gasteiger charge is -2.47. The average Bonchev–Trinajstić information content (AvgIpc) is 3.51. The number of rotatable bonds is 6. The van der Waals surface area contributed by atoms with Gasteiger partial charge < -0.3 is 15.0 Å². The zero-order valence-electron chi connectivity index (χ0n) is 20.4. The normalized spacial score (nSPS) is 23.7. The molecule has 0 bridgehead atoms. The molecule has 2 heterocycles. The van der Waals surface area contributed by atoms with E-state index < -0.39 is 5.54 Å². The maximum atomic E-state index is 13.9. The highest BCUT2D eigenvalue weighted by molar-refractivity contribution is 6.00. The second-order valence-corrected chi connectivity index (χ2v) is 10.2. The average molecular weight is 465 g/mol. The fraction of sp³-hybridized carbons (Fsp3) is 0.593. The van der Waals surface area contributed by atoms with Crippen LogP contribution in [0, 0.1) is 0 Å². The molecule has 0 radical (unpaired) electrons. The van der Waals surface area contributed by atoms with Gasteiger partial charge in [0.2, 0.25) is 5.91 Å². The number of fused-ring (bicyclic) bond motifs is 1. The second-order valence-electron chi connectivity index (χ2n) is 10.2. The Balaban J connectivity index is 1.46. The third kappa shape index (κ3) is 4.21. The molecule has 2 fully saturated rings. The number of ether oxygens (including phenoxy) is 1. The van der Waals surface area contributed by atoms with Gasteiger partial charge in [0, 0.05) is 17.6 Å². The Morgan fingerprint density at radius 2 is 1.76 bits per heavy atom. The summed E-state index contributed by atoms with van der Waals surface area (Å²) in [6.07, 6.45) is 9.71. The van der Waals surface area contributed by atoms with Gasteiger partial charge in [-0.05, 0) is 69.9 Å². The minimum Gasteiger partial charge on any atom is -0.494 e. The molecule has 7 nitrogen and oxygen atoms in total. The lowest BCUT2D eigenvalue weighted by atomic mass is 9.90. The van der Waals surface area contributed by atoms with Gasteiger partial charge in [-0.15, -0.1) is 0 Å². The monoisotopic (exact) mass is 464 g/mol. The molecule has 2 aliphatic carbocycles. The third-order valence-electron chi connectivity index (χ3n) is 7.79. The molecule has 0 unspecified atom stereocenters. The predicted molar refractivity (Wildman–Crippen MR) is 131 cm³/mol. The molecule has 2 amide bonds. The highest BCUT2D eigenvalue weighted by Gasteiger charge is 2.51. The molecule has 0 saturated heterocycles. The molecule has 3 aliphatic rings. The van der Waals surface area contributed by atoms with E-state index in [0.29, 0.717) is 18.8 Å². The van der Waals surface area contributed by atoms with Crippen molar-refractivity contribution in [3.63, 3.8) is 0 Å². The minimum atomic E-state index is -0.946. The van der Waals surface area contributed by atoms with E-state index in [2.05, 4.69) is 5.32 Å². The number of hydrogen-bond acceptors (Lipinski definition) is 4. The fourth-order valence-electron chi connectivity index (χ4n) is 5.95. The molecular weight excluding hydrogens is 428 g/mol. The van der Waals surface area contributed by atoms with E-state index >= 15 is 0 Å². The molecule has 34 heavy (non-hydrogen) atoms. The Morgan fingerprint density at radius 3 is 2.44 bits per heavy atom. The van der Waals surface area contributed by atoms with E-state index in [-0.39, 0.29) is 23.9 Å². The molecule has 182 valence electrons. The number of hydrogen-bond donors (Lipinski definition) is 1. The van der Waals surface area contributed by atoms with Crippen LogP contribution in [0.4, 0.5) is 0 Å². The van der Waals surface area contributed by atoms with Gasteiger partial charge in [-0.2, -0.15) is 5.10 Å². The Bertz CT molecular complexity index is 1030. The molecule has 7 heteroatoms. The van der Waals surface area contributed by atoms with Crippen molar-refractivity contribution in [3.8, 4) is 17.0 Å². The maximum absolute atomic E-state index is 13.9. The van der Waals surface area contributed by atoms with Crippen molar-refractivity contribution in [2.75, 3.05) is 6.61 Å². The van der Waals surface area contributed by atoms with Gasteiger partial charge in [-0.1, -0.05) is 32.1 Å². The molecule has 1 atom stereocenters. The number of benzene rings is 1. The Labute approximate surface area is 201 Å². The molecule has 0 spiro atoms. The van der Waals surface area contributed by atoms with Crippen LogP contribution in [-0.2, 0) is 11.3 Å². The highest BCUT2D eigenvalue weighted by atomic mass is 16.5. The van der Waals surface area contributed by atoms with Crippen LogP contribution in [-0.4, -0.2) is 50.7 Å². The largest absolute Gasteiger partial charge is 0.494 e. The first-order valence-corrected chi connectivity index (χ1v) is 13.0. The van der Waals surface area contributed by atoms with Gasteiger partial charge >= 0.3 is 0 Å². The van der Waals surface area contributed by atoms with E-state index in [0.717, 1.165) is 68.4 Å². The van der Waals surface area contributed by atoms with E-state index in [9.17, 15) is 9.59 Å². The Morgan fingerprint density at radius 1 is 1.09 bits per heavy atom. The highest BCUT2D eigenvalue weighted by Crippen LogP contribution is 2.37. The van der Waals surface area contributed by atoms with Crippen LogP contribution in [0.25, 0.3) is 11.3 Å². The van der Waals surface area contributed by atoms with Crippen LogP contribution in [0.2, 0.25) is 0 Å². The Hall–Kier alpha value is -2.83. The van der Waals surface area contributed by atoms with Crippen LogP contribution in [0.15, 0.2) is 30.3 Å². The number of aromatic nitrogens is 2. The van der Waals surface area contributed by atoms with Crippen molar-refractivity contribution < 1.29 is 14.3 Å². The van der Waals surface area contributed by atoms with Crippen molar-refractivity contribution in [2.45, 2.75) is 95.8 Å². The first kappa shape index (κ1) is 22.9. The van der Waals surface area contributed by atoms with E-state index in [4.69, 9.17) is 9.84 Å². The summed E-state index contributed by atoms with van der Waals surface area (Å²) in [5.74, 6) is 0.693. The smallest absolute Gasteiger partial charge is 0.273 e. The van der Waals surface area contributed by atoms with Crippen LogP contribution >= 0.6 is 0 Å².